The number of epoxide rings is 1. The van der Waals surface area contributed by atoms with Crippen molar-refractivity contribution in [1.82, 2.24) is 30.0 Å². The molecule has 5 aliphatic heterocycles. The van der Waals surface area contributed by atoms with Crippen molar-refractivity contribution >= 4 is 46.0 Å². The number of pyridine rings is 2. The summed E-state index contributed by atoms with van der Waals surface area (Å²) in [5, 5.41) is 22.3. The average molecular weight is 976 g/mol. The SMILES string of the molecule is CC1OC12CCOCC2.Cc1cccc2c1cc(C(=O)NCC1CCN(C(C)C3(O)CCOCC3)CC1)c(=O)n2C(C)C.Cc1cccc2c1cc(C(=O)NCC1CCNCC1)c(=O)n2C(C)C.Cl. The van der Waals surface area contributed by atoms with Gasteiger partial charge in [-0.25, -0.2) is 0 Å². The predicted octanol–water partition coefficient (Wildman–Crippen LogP) is 7.26. The number of likely N-dealkylation sites (tertiary alicyclic amines) is 1. The van der Waals surface area contributed by atoms with Gasteiger partial charge in [-0.3, -0.25) is 24.1 Å². The van der Waals surface area contributed by atoms with E-state index in [4.69, 9.17) is 14.2 Å². The van der Waals surface area contributed by atoms with E-state index in [-0.39, 0.29) is 70.2 Å². The van der Waals surface area contributed by atoms with Crippen LogP contribution < -0.4 is 27.1 Å². The van der Waals surface area contributed by atoms with Gasteiger partial charge in [0, 0.05) is 94.1 Å². The van der Waals surface area contributed by atoms with Crippen molar-refractivity contribution in [1.29, 1.82) is 0 Å². The topological polar surface area (TPSA) is 169 Å². The highest BCUT2D eigenvalue weighted by molar-refractivity contribution is 5.99. The van der Waals surface area contributed by atoms with Crippen LogP contribution in [0.15, 0.2) is 58.1 Å². The zero-order valence-corrected chi connectivity index (χ0v) is 43.2. The number of aryl methyl sites for hydroxylation is 2. The zero-order valence-electron chi connectivity index (χ0n) is 42.4. The lowest BCUT2D eigenvalue weighted by molar-refractivity contribution is -0.112. The molecule has 1 spiro atoms. The van der Waals surface area contributed by atoms with Crippen LogP contribution in [-0.4, -0.2) is 120 Å². The minimum absolute atomic E-state index is 0. The lowest BCUT2D eigenvalue weighted by atomic mass is 9.84. The number of aromatic nitrogens is 2. The Hall–Kier alpha value is -4.15. The monoisotopic (exact) mass is 975 g/mol. The standard InChI is InChI=1S/C27H39N3O4.C20H27N3O2.C7H12O2.ClH/c1-18(2)30-24-7-5-6-19(3)22(24)16-23(26(30)32)25(31)28-17-21-8-12-29(13-9-21)20(4)27(33)10-14-34-15-11-27;1-13(2)23-18-6-4-5-14(3)16(18)11-17(20(23)25)19(24)22-12-15-7-9-21-10-8-15;1-6-7(9-6)2-4-8-5-3-7;/h5-7,16,18,20-21,33H,8-15,17H2,1-4H3,(H,28,31);4-6,11,13,15,21H,7-10,12H2,1-3H3,(H,22,24);6H,2-5H2,1H3;1H. The number of rotatable bonds is 10. The first-order valence-electron chi connectivity index (χ1n) is 25.4. The van der Waals surface area contributed by atoms with Crippen LogP contribution in [0.25, 0.3) is 21.8 Å². The lowest BCUT2D eigenvalue weighted by Crippen LogP contribution is -2.56. The molecular formula is C54H79ClN6O8. The number of carbonyl (C=O) groups is 2. The summed E-state index contributed by atoms with van der Waals surface area (Å²) in [6, 6.07) is 15.4. The third-order valence-corrected chi connectivity index (χ3v) is 15.4. The lowest BCUT2D eigenvalue weighted by Gasteiger charge is -2.45. The first kappa shape index (κ1) is 54.2. The normalized spacial score (nSPS) is 20.9. The van der Waals surface area contributed by atoms with E-state index >= 15 is 0 Å². The van der Waals surface area contributed by atoms with E-state index in [1.165, 1.54) is 0 Å². The molecule has 0 aliphatic carbocycles. The molecule has 0 bridgehead atoms. The van der Waals surface area contributed by atoms with Crippen LogP contribution >= 0.6 is 12.4 Å². The fraction of sp³-hybridized carbons (Fsp3) is 0.630. The molecule has 0 radical (unpaired) electrons. The highest BCUT2D eigenvalue weighted by atomic mass is 35.5. The zero-order chi connectivity index (χ0) is 48.8. The van der Waals surface area contributed by atoms with E-state index in [1.807, 2.05) is 77.9 Å². The number of nitrogens with one attached hydrogen (secondary N) is 3. The van der Waals surface area contributed by atoms with Gasteiger partial charge in [-0.2, -0.15) is 0 Å². The predicted molar refractivity (Wildman–Crippen MR) is 276 cm³/mol. The van der Waals surface area contributed by atoms with Gasteiger partial charge in [0.15, 0.2) is 0 Å². The molecule has 5 saturated heterocycles. The molecular weight excluding hydrogens is 896 g/mol. The largest absolute Gasteiger partial charge is 0.388 e. The number of amides is 2. The van der Waals surface area contributed by atoms with E-state index in [0.29, 0.717) is 57.1 Å². The molecule has 5 fully saturated rings. The molecule has 380 valence electrons. The third kappa shape index (κ3) is 12.7. The molecule has 7 heterocycles. The number of aliphatic hydroxyl groups is 1. The Morgan fingerprint density at radius 1 is 0.710 bits per heavy atom. The van der Waals surface area contributed by atoms with Crippen molar-refractivity contribution in [2.45, 2.75) is 142 Å². The van der Waals surface area contributed by atoms with Gasteiger partial charge in [0.1, 0.15) is 11.1 Å². The Labute approximate surface area is 414 Å². The van der Waals surface area contributed by atoms with Crippen LogP contribution in [0, 0.1) is 25.7 Å². The Morgan fingerprint density at radius 2 is 1.13 bits per heavy atom. The maximum atomic E-state index is 13.2. The summed E-state index contributed by atoms with van der Waals surface area (Å²) >= 11 is 0. The molecule has 2 aromatic carbocycles. The number of carbonyl (C=O) groups excluding carboxylic acids is 2. The number of piperidine rings is 2. The summed E-state index contributed by atoms with van der Waals surface area (Å²) in [6.45, 7) is 24.2. The minimum atomic E-state index is -0.677. The van der Waals surface area contributed by atoms with E-state index in [2.05, 4.69) is 34.7 Å². The number of halogens is 1. The molecule has 15 heteroatoms. The summed E-state index contributed by atoms with van der Waals surface area (Å²) in [5.74, 6) is 0.297. The number of fused-ring (bicyclic) bond motifs is 2. The van der Waals surface area contributed by atoms with E-state index in [1.54, 1.807) is 21.3 Å². The Morgan fingerprint density at radius 3 is 1.54 bits per heavy atom. The van der Waals surface area contributed by atoms with Gasteiger partial charge >= 0.3 is 0 Å². The molecule has 14 nitrogen and oxygen atoms in total. The molecule has 4 N–H and O–H groups in total. The van der Waals surface area contributed by atoms with Crippen LogP contribution in [0.1, 0.15) is 137 Å². The Balaban J connectivity index is 0.000000194. The maximum Gasteiger partial charge on any atom is 0.264 e. The van der Waals surface area contributed by atoms with Crippen molar-refractivity contribution in [3.63, 3.8) is 0 Å². The minimum Gasteiger partial charge on any atom is -0.388 e. The summed E-state index contributed by atoms with van der Waals surface area (Å²) < 4.78 is 19.5. The second kappa shape index (κ2) is 23.8. The number of nitrogens with zero attached hydrogens (tertiary/aromatic N) is 3. The molecule has 5 aliphatic rings. The quantitative estimate of drug-likeness (QED) is 0.119. The number of hydrogen-bond acceptors (Lipinski definition) is 10. The van der Waals surface area contributed by atoms with Gasteiger partial charge in [0.25, 0.3) is 22.9 Å². The highest BCUT2D eigenvalue weighted by Gasteiger charge is 2.53. The Bertz CT molecular complexity index is 2500. The van der Waals surface area contributed by atoms with Gasteiger partial charge in [0.05, 0.1) is 28.3 Å². The van der Waals surface area contributed by atoms with Crippen molar-refractivity contribution < 1.29 is 28.9 Å². The van der Waals surface area contributed by atoms with Crippen LogP contribution in [0.5, 0.6) is 0 Å². The fourth-order valence-corrected chi connectivity index (χ4v) is 10.7. The summed E-state index contributed by atoms with van der Waals surface area (Å²) in [6.07, 6.45) is 8.13. The van der Waals surface area contributed by atoms with Crippen LogP contribution in [0.2, 0.25) is 0 Å². The van der Waals surface area contributed by atoms with Gasteiger partial charge in [-0.1, -0.05) is 24.3 Å². The van der Waals surface area contributed by atoms with Crippen LogP contribution in [0.4, 0.5) is 0 Å². The fourth-order valence-electron chi connectivity index (χ4n) is 10.7. The average Bonchev–Trinajstić information content (AvgIpc) is 3.95. The van der Waals surface area contributed by atoms with Gasteiger partial charge < -0.3 is 44.4 Å². The molecule has 9 rings (SSSR count). The highest BCUT2D eigenvalue weighted by Crippen LogP contribution is 2.44. The summed E-state index contributed by atoms with van der Waals surface area (Å²) in [5.41, 5.74) is 3.46. The number of ether oxygens (including phenoxy) is 3. The van der Waals surface area contributed by atoms with Gasteiger partial charge in [-0.05, 0) is 154 Å². The van der Waals surface area contributed by atoms with Crippen molar-refractivity contribution in [3.05, 3.63) is 91.5 Å². The second-order valence-electron chi connectivity index (χ2n) is 20.6. The second-order valence-corrected chi connectivity index (χ2v) is 20.6. The number of hydrogen-bond donors (Lipinski definition) is 4. The third-order valence-electron chi connectivity index (χ3n) is 15.4. The van der Waals surface area contributed by atoms with Crippen molar-refractivity contribution in [2.24, 2.45) is 11.8 Å². The Kier molecular flexibility index (Phi) is 18.7. The van der Waals surface area contributed by atoms with Crippen LogP contribution in [0.3, 0.4) is 0 Å². The summed E-state index contributed by atoms with van der Waals surface area (Å²) in [4.78, 5) is 54.3. The number of benzene rings is 2. The molecule has 4 aromatic rings. The molecule has 0 saturated carbocycles. The summed E-state index contributed by atoms with van der Waals surface area (Å²) in [7, 11) is 0. The smallest absolute Gasteiger partial charge is 0.264 e. The van der Waals surface area contributed by atoms with Crippen molar-refractivity contribution in [3.8, 4) is 0 Å². The van der Waals surface area contributed by atoms with E-state index in [9.17, 15) is 24.3 Å². The molecule has 69 heavy (non-hydrogen) atoms. The molecule has 2 aromatic heterocycles. The van der Waals surface area contributed by atoms with Crippen molar-refractivity contribution in [2.75, 3.05) is 65.7 Å². The van der Waals surface area contributed by atoms with Gasteiger partial charge in [0.2, 0.25) is 0 Å². The van der Waals surface area contributed by atoms with E-state index < -0.39 is 5.60 Å². The molecule has 2 atom stereocenters. The first-order chi connectivity index (χ1) is 32.5. The molecule has 2 unspecified atom stereocenters. The molecule has 2 amide bonds. The first-order valence-corrected chi connectivity index (χ1v) is 25.4. The van der Waals surface area contributed by atoms with Gasteiger partial charge in [-0.15, -0.1) is 12.4 Å². The van der Waals surface area contributed by atoms with E-state index in [0.717, 1.165) is 111 Å². The van der Waals surface area contributed by atoms with Crippen LogP contribution in [-0.2, 0) is 14.2 Å². The maximum absolute atomic E-state index is 13.2.